The molecule has 0 aromatic carbocycles. The average molecular weight is 244 g/mol. The maximum absolute atomic E-state index is 11.0. The number of rotatable bonds is 3. The van der Waals surface area contributed by atoms with E-state index in [9.17, 15) is 4.79 Å². The average Bonchev–Trinajstić information content (AvgIpc) is 2.83. The van der Waals surface area contributed by atoms with Crippen molar-refractivity contribution in [1.29, 1.82) is 0 Å². The van der Waals surface area contributed by atoms with Gasteiger partial charge in [-0.05, 0) is 30.9 Å². The number of pyridine rings is 1. The summed E-state index contributed by atoms with van der Waals surface area (Å²) in [6.45, 7) is 1.71. The van der Waals surface area contributed by atoms with Gasteiger partial charge in [-0.1, -0.05) is 0 Å². The molecule has 1 aliphatic rings. The molecule has 4 heteroatoms. The van der Waals surface area contributed by atoms with Gasteiger partial charge in [0.25, 0.3) is 0 Å². The summed E-state index contributed by atoms with van der Waals surface area (Å²) < 4.78 is 7.40. The quantitative estimate of drug-likeness (QED) is 0.777. The molecule has 18 heavy (non-hydrogen) atoms. The van der Waals surface area contributed by atoms with Gasteiger partial charge < -0.3 is 9.14 Å². The Hall–Kier alpha value is -1.68. The van der Waals surface area contributed by atoms with Crippen molar-refractivity contribution in [3.05, 3.63) is 35.9 Å². The molecule has 3 rings (SSSR count). The van der Waals surface area contributed by atoms with E-state index in [1.165, 1.54) is 0 Å². The van der Waals surface area contributed by atoms with Crippen LogP contribution in [0.2, 0.25) is 0 Å². The maximum Gasteiger partial charge on any atom is 0.152 e. The van der Waals surface area contributed by atoms with E-state index in [-0.39, 0.29) is 0 Å². The zero-order valence-corrected chi connectivity index (χ0v) is 10.2. The lowest BCUT2D eigenvalue weighted by Gasteiger charge is -2.21. The highest BCUT2D eigenvalue weighted by Crippen LogP contribution is 2.20. The zero-order valence-electron chi connectivity index (χ0n) is 10.2. The Morgan fingerprint density at radius 2 is 2.28 bits per heavy atom. The topological polar surface area (TPSA) is 43.6 Å². The number of aromatic nitrogens is 2. The highest BCUT2D eigenvalue weighted by Gasteiger charge is 2.17. The molecule has 0 aliphatic carbocycles. The van der Waals surface area contributed by atoms with Crippen molar-refractivity contribution < 1.29 is 9.53 Å². The van der Waals surface area contributed by atoms with Crippen molar-refractivity contribution in [2.45, 2.75) is 19.3 Å². The number of imidazole rings is 1. The molecule has 0 atom stereocenters. The van der Waals surface area contributed by atoms with Gasteiger partial charge in [-0.3, -0.25) is 4.79 Å². The second-order valence-electron chi connectivity index (χ2n) is 4.77. The van der Waals surface area contributed by atoms with Crippen LogP contribution in [-0.4, -0.2) is 28.9 Å². The molecule has 2 aromatic heterocycles. The van der Waals surface area contributed by atoms with Crippen molar-refractivity contribution in [1.82, 2.24) is 9.38 Å². The lowest BCUT2D eigenvalue weighted by Crippen LogP contribution is -2.18. The van der Waals surface area contributed by atoms with Crippen LogP contribution in [0, 0.1) is 5.92 Å². The number of carbonyl (C=O) groups is 1. The van der Waals surface area contributed by atoms with Gasteiger partial charge in [0.15, 0.2) is 6.29 Å². The summed E-state index contributed by atoms with van der Waals surface area (Å²) in [5, 5.41) is 0. The standard InChI is InChI=1S/C14H16N2O2/c17-10-12-2-1-5-16-13(12)9-15-14(16)8-11-3-6-18-7-4-11/h1-2,5,9-11H,3-4,6-8H2. The maximum atomic E-state index is 11.0. The minimum Gasteiger partial charge on any atom is -0.381 e. The summed E-state index contributed by atoms with van der Waals surface area (Å²) in [5.74, 6) is 1.69. The fourth-order valence-corrected chi connectivity index (χ4v) is 2.56. The minimum absolute atomic E-state index is 0.643. The molecule has 0 spiro atoms. The molecule has 0 amide bonds. The Labute approximate surface area is 106 Å². The molecule has 1 saturated heterocycles. The lowest BCUT2D eigenvalue weighted by molar-refractivity contribution is 0.0659. The van der Waals surface area contributed by atoms with Crippen LogP contribution in [0.25, 0.3) is 5.52 Å². The third-order valence-corrected chi connectivity index (χ3v) is 3.62. The fraction of sp³-hybridized carbons (Fsp3) is 0.429. The third kappa shape index (κ3) is 2.04. The lowest BCUT2D eigenvalue weighted by atomic mass is 9.96. The van der Waals surface area contributed by atoms with E-state index in [2.05, 4.69) is 4.98 Å². The molecule has 0 bridgehead atoms. The first-order chi connectivity index (χ1) is 8.88. The number of hydrogen-bond acceptors (Lipinski definition) is 3. The summed E-state index contributed by atoms with van der Waals surface area (Å²) in [6, 6.07) is 3.72. The molecule has 0 radical (unpaired) electrons. The van der Waals surface area contributed by atoms with Crippen LogP contribution in [0.4, 0.5) is 0 Å². The molecule has 0 N–H and O–H groups in total. The largest absolute Gasteiger partial charge is 0.381 e. The Kier molecular flexibility index (Phi) is 3.11. The molecular formula is C14H16N2O2. The SMILES string of the molecule is O=Cc1cccn2c(CC3CCOCC3)ncc12. The van der Waals surface area contributed by atoms with Crippen LogP contribution in [0.15, 0.2) is 24.5 Å². The highest BCUT2D eigenvalue weighted by molar-refractivity contribution is 5.85. The first kappa shape index (κ1) is 11.4. The van der Waals surface area contributed by atoms with Gasteiger partial charge in [-0.2, -0.15) is 0 Å². The summed E-state index contributed by atoms with van der Waals surface area (Å²) in [7, 11) is 0. The minimum atomic E-state index is 0.643. The van der Waals surface area contributed by atoms with Crippen LogP contribution in [0.3, 0.4) is 0 Å². The van der Waals surface area contributed by atoms with Crippen molar-refractivity contribution in [2.75, 3.05) is 13.2 Å². The van der Waals surface area contributed by atoms with Crippen molar-refractivity contribution in [3.63, 3.8) is 0 Å². The van der Waals surface area contributed by atoms with Crippen molar-refractivity contribution in [3.8, 4) is 0 Å². The Morgan fingerprint density at radius 3 is 3.06 bits per heavy atom. The van der Waals surface area contributed by atoms with E-state index in [0.717, 1.165) is 50.1 Å². The second kappa shape index (κ2) is 4.90. The summed E-state index contributed by atoms with van der Waals surface area (Å²) in [5.41, 5.74) is 1.60. The Balaban J connectivity index is 1.90. The molecular weight excluding hydrogens is 228 g/mol. The van der Waals surface area contributed by atoms with Crippen LogP contribution in [0.5, 0.6) is 0 Å². The van der Waals surface area contributed by atoms with Gasteiger partial charge in [0.2, 0.25) is 0 Å². The smallest absolute Gasteiger partial charge is 0.152 e. The van der Waals surface area contributed by atoms with Crippen LogP contribution >= 0.6 is 0 Å². The second-order valence-corrected chi connectivity index (χ2v) is 4.77. The normalized spacial score (nSPS) is 17.1. The van der Waals surface area contributed by atoms with E-state index < -0.39 is 0 Å². The molecule has 3 heterocycles. The summed E-state index contributed by atoms with van der Waals surface area (Å²) in [6.07, 6.45) is 7.81. The van der Waals surface area contributed by atoms with Gasteiger partial charge in [0.05, 0.1) is 11.7 Å². The molecule has 94 valence electrons. The number of carbonyl (C=O) groups excluding carboxylic acids is 1. The predicted molar refractivity (Wildman–Crippen MR) is 67.8 cm³/mol. The fourth-order valence-electron chi connectivity index (χ4n) is 2.56. The van der Waals surface area contributed by atoms with E-state index >= 15 is 0 Å². The molecule has 2 aromatic rings. The summed E-state index contributed by atoms with van der Waals surface area (Å²) >= 11 is 0. The highest BCUT2D eigenvalue weighted by atomic mass is 16.5. The number of nitrogens with zero attached hydrogens (tertiary/aromatic N) is 2. The molecule has 1 fully saturated rings. The van der Waals surface area contributed by atoms with Gasteiger partial charge in [0.1, 0.15) is 5.82 Å². The predicted octanol–water partition coefficient (Wildman–Crippen LogP) is 2.12. The van der Waals surface area contributed by atoms with Gasteiger partial charge in [0, 0.05) is 31.4 Å². The molecule has 4 nitrogen and oxygen atoms in total. The number of aldehydes is 1. The molecule has 0 saturated carbocycles. The van der Waals surface area contributed by atoms with Gasteiger partial charge in [-0.25, -0.2) is 4.98 Å². The van der Waals surface area contributed by atoms with E-state index in [0.29, 0.717) is 11.5 Å². The zero-order chi connectivity index (χ0) is 12.4. The molecule has 1 aliphatic heterocycles. The van der Waals surface area contributed by atoms with Crippen LogP contribution in [-0.2, 0) is 11.2 Å². The van der Waals surface area contributed by atoms with Crippen molar-refractivity contribution in [2.24, 2.45) is 5.92 Å². The first-order valence-electron chi connectivity index (χ1n) is 6.36. The van der Waals surface area contributed by atoms with Gasteiger partial charge in [-0.15, -0.1) is 0 Å². The van der Waals surface area contributed by atoms with Gasteiger partial charge >= 0.3 is 0 Å². The van der Waals surface area contributed by atoms with Crippen molar-refractivity contribution >= 4 is 11.8 Å². The van der Waals surface area contributed by atoms with E-state index in [1.54, 1.807) is 6.20 Å². The number of hydrogen-bond donors (Lipinski definition) is 0. The van der Waals surface area contributed by atoms with Crippen LogP contribution in [0.1, 0.15) is 29.0 Å². The Bertz CT molecular complexity index is 556. The number of fused-ring (bicyclic) bond motifs is 1. The first-order valence-corrected chi connectivity index (χ1v) is 6.36. The molecule has 0 unspecified atom stereocenters. The van der Waals surface area contributed by atoms with E-state index in [4.69, 9.17) is 4.74 Å². The number of ether oxygens (including phenoxy) is 1. The third-order valence-electron chi connectivity index (χ3n) is 3.62. The van der Waals surface area contributed by atoms with E-state index in [1.807, 2.05) is 22.7 Å². The van der Waals surface area contributed by atoms with Crippen LogP contribution < -0.4 is 0 Å². The summed E-state index contributed by atoms with van der Waals surface area (Å²) in [4.78, 5) is 15.4. The monoisotopic (exact) mass is 244 g/mol. The Morgan fingerprint density at radius 1 is 1.44 bits per heavy atom.